The second-order valence-corrected chi connectivity index (χ2v) is 6.76. The van der Waals surface area contributed by atoms with Crippen LogP contribution in [-0.2, 0) is 16.0 Å². The van der Waals surface area contributed by atoms with Gasteiger partial charge < -0.3 is 14.7 Å². The molecule has 1 aromatic carbocycles. The van der Waals surface area contributed by atoms with Crippen molar-refractivity contribution in [2.24, 2.45) is 5.92 Å². The number of rotatable bonds is 6. The Labute approximate surface area is 158 Å². The minimum absolute atomic E-state index is 0.0356. The molecule has 0 aliphatic carbocycles. The molecule has 1 fully saturated rings. The van der Waals surface area contributed by atoms with Gasteiger partial charge in [0.1, 0.15) is 6.61 Å². The van der Waals surface area contributed by atoms with Crippen LogP contribution in [0.25, 0.3) is 11.3 Å². The Balaban J connectivity index is 1.62. The van der Waals surface area contributed by atoms with Gasteiger partial charge >= 0.3 is 5.97 Å². The van der Waals surface area contributed by atoms with Crippen LogP contribution in [0.4, 0.5) is 0 Å². The van der Waals surface area contributed by atoms with E-state index in [2.05, 4.69) is 9.97 Å². The molecule has 1 amide bonds. The summed E-state index contributed by atoms with van der Waals surface area (Å²) >= 11 is 0. The fraction of sp³-hybridized carbons (Fsp3) is 0.400. The highest BCUT2D eigenvalue weighted by molar-refractivity contribution is 5.88. The van der Waals surface area contributed by atoms with Gasteiger partial charge in [0.15, 0.2) is 0 Å². The molecule has 3 rings (SSSR count). The van der Waals surface area contributed by atoms with Gasteiger partial charge in [-0.3, -0.25) is 14.8 Å². The second-order valence-electron chi connectivity index (χ2n) is 6.76. The molecule has 1 aliphatic heterocycles. The van der Waals surface area contributed by atoms with Crippen LogP contribution < -0.4 is 0 Å². The molecule has 1 atom stereocenters. The fourth-order valence-corrected chi connectivity index (χ4v) is 3.36. The molecule has 7 heteroatoms. The number of piperidine rings is 1. The molecule has 2 aromatic rings. The first-order valence-electron chi connectivity index (χ1n) is 8.98. The average molecular weight is 369 g/mol. The van der Waals surface area contributed by atoms with Gasteiger partial charge in [-0.25, -0.2) is 4.79 Å². The molecule has 2 heterocycles. The number of hydrogen-bond acceptors (Lipinski definition) is 5. The smallest absolute Gasteiger partial charge is 0.335 e. The third-order valence-corrected chi connectivity index (χ3v) is 4.77. The number of carboxylic acid groups (broad SMARTS) is 1. The zero-order valence-corrected chi connectivity index (χ0v) is 15.3. The van der Waals surface area contributed by atoms with Gasteiger partial charge in [0.2, 0.25) is 5.91 Å². The normalized spacial score (nSPS) is 16.9. The van der Waals surface area contributed by atoms with Crippen LogP contribution in [0.2, 0.25) is 0 Å². The van der Waals surface area contributed by atoms with Crippen molar-refractivity contribution in [3.63, 3.8) is 0 Å². The lowest BCUT2D eigenvalue weighted by Crippen LogP contribution is -2.42. The van der Waals surface area contributed by atoms with Crippen molar-refractivity contribution < 1.29 is 19.4 Å². The Bertz CT molecular complexity index is 790. The molecule has 0 bridgehead atoms. The van der Waals surface area contributed by atoms with Gasteiger partial charge in [0, 0.05) is 32.0 Å². The van der Waals surface area contributed by atoms with Gasteiger partial charge in [-0.05, 0) is 37.3 Å². The minimum Gasteiger partial charge on any atom is -0.478 e. The zero-order valence-electron chi connectivity index (χ0n) is 15.3. The molecule has 0 spiro atoms. The van der Waals surface area contributed by atoms with Crippen LogP contribution in [0.3, 0.4) is 0 Å². The molecular weight excluding hydrogens is 346 g/mol. The molecule has 1 aliphatic rings. The maximum atomic E-state index is 12.0. The number of aromatic nitrogens is 2. The predicted octanol–water partition coefficient (Wildman–Crippen LogP) is 2.27. The lowest BCUT2D eigenvalue weighted by atomic mass is 9.93. The number of aromatic carboxylic acids is 1. The van der Waals surface area contributed by atoms with Gasteiger partial charge in [0.25, 0.3) is 0 Å². The van der Waals surface area contributed by atoms with Crippen LogP contribution in [0.1, 0.15) is 28.9 Å². The second kappa shape index (κ2) is 8.73. The SMILES string of the molecule is COCC(=O)N1CCCC(Cc2cnc(-c3ccc(C(=O)O)cc3)cn2)C1. The highest BCUT2D eigenvalue weighted by Crippen LogP contribution is 2.21. The topological polar surface area (TPSA) is 92.6 Å². The molecule has 0 saturated carbocycles. The molecular formula is C20H23N3O4. The summed E-state index contributed by atoms with van der Waals surface area (Å²) in [4.78, 5) is 33.8. The maximum absolute atomic E-state index is 12.0. The number of likely N-dealkylation sites (tertiary alicyclic amines) is 1. The molecule has 27 heavy (non-hydrogen) atoms. The van der Waals surface area contributed by atoms with E-state index < -0.39 is 5.97 Å². The van der Waals surface area contributed by atoms with Crippen molar-refractivity contribution in [2.45, 2.75) is 19.3 Å². The lowest BCUT2D eigenvalue weighted by Gasteiger charge is -2.32. The van der Waals surface area contributed by atoms with Gasteiger partial charge in [-0.2, -0.15) is 0 Å². The highest BCUT2D eigenvalue weighted by Gasteiger charge is 2.24. The van der Waals surface area contributed by atoms with E-state index in [-0.39, 0.29) is 18.1 Å². The minimum atomic E-state index is -0.950. The van der Waals surface area contributed by atoms with E-state index in [0.717, 1.165) is 43.6 Å². The summed E-state index contributed by atoms with van der Waals surface area (Å²) in [6, 6.07) is 6.57. The Morgan fingerprint density at radius 2 is 2.00 bits per heavy atom. The van der Waals surface area contributed by atoms with Crippen LogP contribution >= 0.6 is 0 Å². The lowest BCUT2D eigenvalue weighted by molar-refractivity contribution is -0.136. The largest absolute Gasteiger partial charge is 0.478 e. The van der Waals surface area contributed by atoms with Crippen molar-refractivity contribution in [1.29, 1.82) is 0 Å². The van der Waals surface area contributed by atoms with Gasteiger partial charge in [-0.15, -0.1) is 0 Å². The van der Waals surface area contributed by atoms with Crippen LogP contribution in [-0.4, -0.2) is 58.7 Å². The van der Waals surface area contributed by atoms with Crippen molar-refractivity contribution in [3.05, 3.63) is 47.9 Å². The van der Waals surface area contributed by atoms with E-state index in [9.17, 15) is 9.59 Å². The van der Waals surface area contributed by atoms with Crippen molar-refractivity contribution >= 4 is 11.9 Å². The molecule has 1 saturated heterocycles. The first-order chi connectivity index (χ1) is 13.1. The molecule has 1 N–H and O–H groups in total. The van der Waals surface area contributed by atoms with Crippen LogP contribution in [0.5, 0.6) is 0 Å². The van der Waals surface area contributed by atoms with E-state index in [1.54, 1.807) is 36.7 Å². The number of methoxy groups -OCH3 is 1. The summed E-state index contributed by atoms with van der Waals surface area (Å²) in [6.45, 7) is 1.64. The standard InChI is InChI=1S/C20H23N3O4/c1-27-13-19(24)23-8-2-3-14(12-23)9-17-10-22-18(11-21-17)15-4-6-16(7-5-15)20(25)26/h4-7,10-11,14H,2-3,8-9,12-13H2,1H3,(H,25,26). The molecule has 1 aromatic heterocycles. The number of carbonyl (C=O) groups excluding carboxylic acids is 1. The number of ether oxygens (including phenoxy) is 1. The maximum Gasteiger partial charge on any atom is 0.335 e. The Morgan fingerprint density at radius 1 is 1.22 bits per heavy atom. The molecule has 1 unspecified atom stereocenters. The number of benzene rings is 1. The fourth-order valence-electron chi connectivity index (χ4n) is 3.36. The first kappa shape index (κ1) is 19.0. The van der Waals surface area contributed by atoms with E-state index >= 15 is 0 Å². The molecule has 0 radical (unpaired) electrons. The molecule has 142 valence electrons. The third kappa shape index (κ3) is 4.89. The van der Waals surface area contributed by atoms with Crippen molar-refractivity contribution in [1.82, 2.24) is 14.9 Å². The predicted molar refractivity (Wildman–Crippen MR) is 99.3 cm³/mol. The Kier molecular flexibility index (Phi) is 6.13. The summed E-state index contributed by atoms with van der Waals surface area (Å²) in [5.41, 5.74) is 2.67. The van der Waals surface area contributed by atoms with Gasteiger partial charge in [-0.1, -0.05) is 12.1 Å². The zero-order chi connectivity index (χ0) is 19.2. The van der Waals surface area contributed by atoms with E-state index in [1.165, 1.54) is 7.11 Å². The van der Waals surface area contributed by atoms with E-state index in [1.807, 2.05) is 4.90 Å². The van der Waals surface area contributed by atoms with Crippen molar-refractivity contribution in [2.75, 3.05) is 26.8 Å². The van der Waals surface area contributed by atoms with Gasteiger partial charge in [0.05, 0.1) is 23.1 Å². The average Bonchev–Trinajstić information content (AvgIpc) is 2.69. The summed E-state index contributed by atoms with van der Waals surface area (Å²) in [5, 5.41) is 8.96. The monoisotopic (exact) mass is 369 g/mol. The van der Waals surface area contributed by atoms with Crippen LogP contribution in [0.15, 0.2) is 36.7 Å². The number of carboxylic acids is 1. The molecule has 7 nitrogen and oxygen atoms in total. The number of hydrogen-bond donors (Lipinski definition) is 1. The van der Waals surface area contributed by atoms with E-state index in [4.69, 9.17) is 9.84 Å². The number of amides is 1. The summed E-state index contributed by atoms with van der Waals surface area (Å²) < 4.78 is 4.94. The third-order valence-electron chi connectivity index (χ3n) is 4.77. The highest BCUT2D eigenvalue weighted by atomic mass is 16.5. The van der Waals surface area contributed by atoms with Crippen LogP contribution in [0, 0.1) is 5.92 Å². The Hall–Kier alpha value is -2.80. The van der Waals surface area contributed by atoms with Crippen molar-refractivity contribution in [3.8, 4) is 11.3 Å². The number of carbonyl (C=O) groups is 2. The van der Waals surface area contributed by atoms with E-state index in [0.29, 0.717) is 11.6 Å². The quantitative estimate of drug-likeness (QED) is 0.840. The summed E-state index contributed by atoms with van der Waals surface area (Å²) in [5.74, 6) is -0.545. The summed E-state index contributed by atoms with van der Waals surface area (Å²) in [6.07, 6.45) is 6.30. The Morgan fingerprint density at radius 3 is 2.63 bits per heavy atom. The summed E-state index contributed by atoms with van der Waals surface area (Å²) in [7, 11) is 1.53. The number of nitrogens with zero attached hydrogens (tertiary/aromatic N) is 3. The first-order valence-corrected chi connectivity index (χ1v) is 8.98.